The minimum absolute atomic E-state index is 0.241. The van der Waals surface area contributed by atoms with Gasteiger partial charge in [0.1, 0.15) is 5.82 Å². The summed E-state index contributed by atoms with van der Waals surface area (Å²) in [5.41, 5.74) is 3.33. The zero-order chi connectivity index (χ0) is 27.5. The quantitative estimate of drug-likeness (QED) is 0.364. The number of piperidine rings is 1. The first-order valence-corrected chi connectivity index (χ1v) is 13.9. The van der Waals surface area contributed by atoms with Crippen molar-refractivity contribution in [3.63, 3.8) is 0 Å². The first-order valence-electron chi connectivity index (χ1n) is 13.6. The third-order valence-electron chi connectivity index (χ3n) is 7.48. The number of hydrogen-bond donors (Lipinski definition) is 2. The number of pyridine rings is 1. The Kier molecular flexibility index (Phi) is 7.76. The second-order valence-corrected chi connectivity index (χ2v) is 10.5. The average molecular weight is 562 g/mol. The molecule has 0 atom stereocenters. The highest BCUT2D eigenvalue weighted by atomic mass is 35.5. The van der Waals surface area contributed by atoms with Gasteiger partial charge in [-0.15, -0.1) is 0 Å². The van der Waals surface area contributed by atoms with Crippen molar-refractivity contribution in [2.75, 3.05) is 56.7 Å². The van der Waals surface area contributed by atoms with Crippen molar-refractivity contribution >= 4 is 40.2 Å². The molecule has 2 aliphatic heterocycles. The molecule has 0 unspecified atom stereocenters. The first-order chi connectivity index (χ1) is 19.6. The van der Waals surface area contributed by atoms with E-state index in [1.54, 1.807) is 19.2 Å². The molecule has 12 heteroatoms. The smallest absolute Gasteiger partial charge is 0.319 e. The predicted molar refractivity (Wildman–Crippen MR) is 155 cm³/mol. The molecule has 0 radical (unpaired) electrons. The maximum absolute atomic E-state index is 11.8. The third kappa shape index (κ3) is 5.58. The molecule has 6 rings (SSSR count). The Bertz CT molecular complexity index is 1480. The van der Waals surface area contributed by atoms with E-state index in [1.165, 1.54) is 5.56 Å². The average Bonchev–Trinajstić information content (AvgIpc) is 3.43. The van der Waals surface area contributed by atoms with Crippen molar-refractivity contribution in [1.82, 2.24) is 34.9 Å². The number of aromatic nitrogens is 5. The molecule has 1 aromatic carbocycles. The van der Waals surface area contributed by atoms with Crippen LogP contribution in [0.15, 0.2) is 48.9 Å². The minimum Gasteiger partial charge on any atom is -0.378 e. The number of fused-ring (bicyclic) bond motifs is 1. The van der Waals surface area contributed by atoms with Gasteiger partial charge in [-0.2, -0.15) is 5.10 Å². The molecule has 0 saturated carbocycles. The van der Waals surface area contributed by atoms with Gasteiger partial charge in [-0.05, 0) is 42.7 Å². The van der Waals surface area contributed by atoms with E-state index in [0.717, 1.165) is 68.0 Å². The molecule has 0 bridgehead atoms. The van der Waals surface area contributed by atoms with Crippen molar-refractivity contribution in [2.24, 2.45) is 0 Å². The molecule has 2 saturated heterocycles. The number of likely N-dealkylation sites (tertiary alicyclic amines) is 1. The third-order valence-corrected chi connectivity index (χ3v) is 7.79. The van der Waals surface area contributed by atoms with Gasteiger partial charge < -0.3 is 20.3 Å². The monoisotopic (exact) mass is 561 g/mol. The van der Waals surface area contributed by atoms with Crippen molar-refractivity contribution in [2.45, 2.75) is 25.4 Å². The second-order valence-electron chi connectivity index (χ2n) is 10.1. The number of nitrogens with one attached hydrogen (secondary N) is 2. The van der Waals surface area contributed by atoms with Gasteiger partial charge >= 0.3 is 6.03 Å². The Morgan fingerprint density at radius 3 is 2.65 bits per heavy atom. The van der Waals surface area contributed by atoms with Crippen LogP contribution in [0.5, 0.6) is 0 Å². The van der Waals surface area contributed by atoms with Crippen LogP contribution < -0.4 is 15.5 Å². The summed E-state index contributed by atoms with van der Waals surface area (Å²) in [5.74, 6) is 1.42. The molecular formula is C28H32ClN9O2. The van der Waals surface area contributed by atoms with Crippen LogP contribution in [-0.4, -0.2) is 82.1 Å². The van der Waals surface area contributed by atoms with Crippen LogP contribution in [0.4, 0.5) is 16.3 Å². The van der Waals surface area contributed by atoms with Crippen molar-refractivity contribution < 1.29 is 9.53 Å². The lowest BCUT2D eigenvalue weighted by molar-refractivity contribution is 0.122. The molecule has 2 amide bonds. The van der Waals surface area contributed by atoms with Gasteiger partial charge in [-0.3, -0.25) is 9.88 Å². The Morgan fingerprint density at radius 2 is 1.93 bits per heavy atom. The summed E-state index contributed by atoms with van der Waals surface area (Å²) in [6, 6.07) is 9.44. The largest absolute Gasteiger partial charge is 0.378 e. The van der Waals surface area contributed by atoms with Crippen LogP contribution >= 0.6 is 11.6 Å². The van der Waals surface area contributed by atoms with Gasteiger partial charge in [-0.25, -0.2) is 19.4 Å². The number of halogens is 1. The summed E-state index contributed by atoms with van der Waals surface area (Å²) in [5, 5.41) is 11.5. The van der Waals surface area contributed by atoms with Crippen LogP contribution in [-0.2, 0) is 11.3 Å². The molecule has 5 heterocycles. The zero-order valence-corrected chi connectivity index (χ0v) is 23.1. The van der Waals surface area contributed by atoms with Gasteiger partial charge in [0.15, 0.2) is 11.5 Å². The highest BCUT2D eigenvalue weighted by Gasteiger charge is 2.26. The van der Waals surface area contributed by atoms with Crippen LogP contribution in [0.2, 0.25) is 5.02 Å². The number of carbonyl (C=O) groups excluding carboxylic acids is 1. The van der Waals surface area contributed by atoms with Crippen LogP contribution in [0.25, 0.3) is 22.4 Å². The number of urea groups is 1. The summed E-state index contributed by atoms with van der Waals surface area (Å²) in [7, 11) is 1.56. The van der Waals surface area contributed by atoms with E-state index >= 15 is 0 Å². The zero-order valence-electron chi connectivity index (χ0n) is 22.4. The standard InChI is InChI=1S/C28H32ClN9O2/c1-30-28(39)33-24-5-4-20(15-23(24)29)25-34-26(37-11-13-40-14-12-37)22-17-32-38(27(22)35-25)21-6-9-36(10-7-21)18-19-3-2-8-31-16-19/h2-5,8,15-17,21H,6-7,9-14,18H2,1H3,(H2,30,33,39). The topological polar surface area (TPSA) is 113 Å². The molecule has 2 aliphatic rings. The lowest BCUT2D eigenvalue weighted by atomic mass is 10.0. The SMILES string of the molecule is CNC(=O)Nc1ccc(-c2nc(N3CCOCC3)c3cnn(C4CCN(Cc5cccnc5)CC4)c3n2)cc1Cl. The normalized spacial score (nSPS) is 16.8. The predicted octanol–water partition coefficient (Wildman–Crippen LogP) is 3.97. The highest BCUT2D eigenvalue weighted by Crippen LogP contribution is 2.34. The Balaban J connectivity index is 1.31. The molecule has 2 N–H and O–H groups in total. The van der Waals surface area contributed by atoms with Crippen molar-refractivity contribution in [3.8, 4) is 11.4 Å². The van der Waals surface area contributed by atoms with E-state index in [2.05, 4.69) is 36.2 Å². The molecule has 40 heavy (non-hydrogen) atoms. The molecule has 11 nitrogen and oxygen atoms in total. The van der Waals surface area contributed by atoms with E-state index in [1.807, 2.05) is 30.7 Å². The fraction of sp³-hybridized carbons (Fsp3) is 0.393. The maximum atomic E-state index is 11.8. The van der Waals surface area contributed by atoms with Gasteiger partial charge in [-0.1, -0.05) is 17.7 Å². The summed E-state index contributed by atoms with van der Waals surface area (Å²) in [6.45, 7) is 5.65. The number of rotatable bonds is 6. The lowest BCUT2D eigenvalue weighted by Crippen LogP contribution is -2.37. The number of nitrogens with zero attached hydrogens (tertiary/aromatic N) is 7. The molecule has 3 aromatic heterocycles. The minimum atomic E-state index is -0.336. The Labute approximate surface area is 237 Å². The van der Waals surface area contributed by atoms with E-state index in [9.17, 15) is 4.79 Å². The van der Waals surface area contributed by atoms with E-state index < -0.39 is 0 Å². The molecular weight excluding hydrogens is 530 g/mol. The lowest BCUT2D eigenvalue weighted by Gasteiger charge is -2.32. The molecule has 0 spiro atoms. The maximum Gasteiger partial charge on any atom is 0.319 e. The Hall–Kier alpha value is -3.80. The number of morpholine rings is 1. The summed E-state index contributed by atoms with van der Waals surface area (Å²) < 4.78 is 7.68. The van der Waals surface area contributed by atoms with Crippen molar-refractivity contribution in [1.29, 1.82) is 0 Å². The summed E-state index contributed by atoms with van der Waals surface area (Å²) >= 11 is 6.54. The second kappa shape index (κ2) is 11.7. The molecule has 208 valence electrons. The fourth-order valence-electron chi connectivity index (χ4n) is 5.34. The van der Waals surface area contributed by atoms with E-state index in [4.69, 9.17) is 31.4 Å². The summed E-state index contributed by atoms with van der Waals surface area (Å²) in [4.78, 5) is 30.8. The Morgan fingerprint density at radius 1 is 1.10 bits per heavy atom. The van der Waals surface area contributed by atoms with E-state index in [0.29, 0.717) is 29.7 Å². The van der Waals surface area contributed by atoms with Gasteiger partial charge in [0.25, 0.3) is 0 Å². The van der Waals surface area contributed by atoms with Crippen molar-refractivity contribution in [3.05, 3.63) is 59.5 Å². The van der Waals surface area contributed by atoms with Crippen LogP contribution in [0.1, 0.15) is 24.4 Å². The first kappa shape index (κ1) is 26.4. The number of benzene rings is 1. The van der Waals surface area contributed by atoms with Crippen LogP contribution in [0, 0.1) is 0 Å². The fourth-order valence-corrected chi connectivity index (χ4v) is 5.56. The number of anilines is 2. The van der Waals surface area contributed by atoms with E-state index in [-0.39, 0.29) is 12.1 Å². The van der Waals surface area contributed by atoms with Gasteiger partial charge in [0.05, 0.1) is 41.5 Å². The number of carbonyl (C=O) groups is 1. The number of hydrogen-bond acceptors (Lipinski definition) is 8. The highest BCUT2D eigenvalue weighted by molar-refractivity contribution is 6.34. The van der Waals surface area contributed by atoms with Gasteiger partial charge in [0.2, 0.25) is 0 Å². The number of ether oxygens (including phenoxy) is 1. The summed E-state index contributed by atoms with van der Waals surface area (Å²) in [6.07, 6.45) is 7.61. The van der Waals surface area contributed by atoms with Crippen LogP contribution in [0.3, 0.4) is 0 Å². The van der Waals surface area contributed by atoms with Gasteiger partial charge in [0, 0.05) is 57.7 Å². The molecule has 2 fully saturated rings. The molecule has 0 aliphatic carbocycles. The molecule has 4 aromatic rings. The number of amides is 2.